The maximum Gasteiger partial charge on any atom is 0.338 e. The molecule has 0 bridgehead atoms. The summed E-state index contributed by atoms with van der Waals surface area (Å²) in [7, 11) is 1.60. The van der Waals surface area contributed by atoms with Gasteiger partial charge in [0.05, 0.1) is 18.8 Å². The Morgan fingerprint density at radius 2 is 1.38 bits per heavy atom. The summed E-state index contributed by atoms with van der Waals surface area (Å²) in [6, 6.07) is 25.7. The number of aliphatic hydroxyl groups is 1. The molecule has 2 atom stereocenters. The first-order chi connectivity index (χ1) is 13.9. The van der Waals surface area contributed by atoms with E-state index in [4.69, 9.17) is 9.47 Å². The standard InChI is InChI=1S/C25H26O4/c1-25(2,22(26)18-10-6-4-7-11-18)23(19-14-16-21(28-3)17-15-19)29-24(27)20-12-8-5-9-13-20/h4-17,22-23,26H,1-3H3/t22-,23-/m0/s1. The van der Waals surface area contributed by atoms with Gasteiger partial charge in [0.2, 0.25) is 0 Å². The van der Waals surface area contributed by atoms with Gasteiger partial charge in [-0.1, -0.05) is 74.5 Å². The van der Waals surface area contributed by atoms with E-state index in [0.29, 0.717) is 11.3 Å². The van der Waals surface area contributed by atoms with Gasteiger partial charge in [0.15, 0.2) is 0 Å². The molecule has 29 heavy (non-hydrogen) atoms. The molecule has 0 unspecified atom stereocenters. The van der Waals surface area contributed by atoms with Crippen molar-refractivity contribution in [2.75, 3.05) is 7.11 Å². The van der Waals surface area contributed by atoms with E-state index in [9.17, 15) is 9.90 Å². The highest BCUT2D eigenvalue weighted by molar-refractivity contribution is 5.89. The monoisotopic (exact) mass is 390 g/mol. The van der Waals surface area contributed by atoms with Crippen LogP contribution in [0.1, 0.15) is 47.5 Å². The molecule has 0 saturated carbocycles. The summed E-state index contributed by atoms with van der Waals surface area (Å²) in [5.74, 6) is 0.281. The topological polar surface area (TPSA) is 55.8 Å². The number of carbonyl (C=O) groups is 1. The molecule has 1 N–H and O–H groups in total. The van der Waals surface area contributed by atoms with Crippen molar-refractivity contribution >= 4 is 5.97 Å². The van der Waals surface area contributed by atoms with Crippen molar-refractivity contribution in [1.82, 2.24) is 0 Å². The molecule has 0 spiro atoms. The molecular formula is C25H26O4. The van der Waals surface area contributed by atoms with Crippen LogP contribution in [0.3, 0.4) is 0 Å². The average Bonchev–Trinajstić information content (AvgIpc) is 2.78. The molecule has 3 aromatic carbocycles. The Labute approximate surface area is 171 Å². The minimum atomic E-state index is -0.834. The SMILES string of the molecule is COc1ccc([C@H](OC(=O)c2ccccc2)C(C)(C)[C@@H](O)c2ccccc2)cc1. The molecule has 0 saturated heterocycles. The molecule has 0 heterocycles. The van der Waals surface area contributed by atoms with Crippen LogP contribution in [-0.2, 0) is 4.74 Å². The van der Waals surface area contributed by atoms with Crippen LogP contribution < -0.4 is 4.74 Å². The zero-order valence-electron chi connectivity index (χ0n) is 16.9. The third kappa shape index (κ3) is 4.66. The second-order valence-corrected chi connectivity index (χ2v) is 7.56. The van der Waals surface area contributed by atoms with Crippen molar-refractivity contribution in [1.29, 1.82) is 0 Å². The molecule has 150 valence electrons. The van der Waals surface area contributed by atoms with Crippen molar-refractivity contribution in [2.24, 2.45) is 5.41 Å². The van der Waals surface area contributed by atoms with E-state index < -0.39 is 23.6 Å². The lowest BCUT2D eigenvalue weighted by Gasteiger charge is -2.38. The number of hydrogen-bond donors (Lipinski definition) is 1. The second kappa shape index (κ2) is 8.93. The van der Waals surface area contributed by atoms with Gasteiger partial charge in [-0.2, -0.15) is 0 Å². The van der Waals surface area contributed by atoms with Crippen molar-refractivity contribution in [3.05, 3.63) is 102 Å². The number of aliphatic hydroxyl groups excluding tert-OH is 1. The van der Waals surface area contributed by atoms with E-state index in [1.54, 1.807) is 31.4 Å². The number of benzene rings is 3. The number of hydrogen-bond acceptors (Lipinski definition) is 4. The predicted octanol–water partition coefficient (Wildman–Crippen LogP) is 5.35. The van der Waals surface area contributed by atoms with Gasteiger partial charge in [-0.3, -0.25) is 0 Å². The average molecular weight is 390 g/mol. The highest BCUT2D eigenvalue weighted by Crippen LogP contribution is 2.46. The first-order valence-electron chi connectivity index (χ1n) is 9.56. The van der Waals surface area contributed by atoms with E-state index in [0.717, 1.165) is 11.1 Å². The third-order valence-corrected chi connectivity index (χ3v) is 5.15. The smallest absolute Gasteiger partial charge is 0.338 e. The Hall–Kier alpha value is -3.11. The van der Waals surface area contributed by atoms with Crippen molar-refractivity contribution in [3.8, 4) is 5.75 Å². The van der Waals surface area contributed by atoms with Gasteiger partial charge in [-0.15, -0.1) is 0 Å². The molecule has 4 heteroatoms. The van der Waals surface area contributed by atoms with Crippen LogP contribution in [0.4, 0.5) is 0 Å². The van der Waals surface area contributed by atoms with Crippen molar-refractivity contribution < 1.29 is 19.4 Å². The van der Waals surface area contributed by atoms with Gasteiger partial charge in [-0.05, 0) is 35.4 Å². The van der Waals surface area contributed by atoms with Gasteiger partial charge < -0.3 is 14.6 Å². The molecule has 0 aliphatic carbocycles. The predicted molar refractivity (Wildman–Crippen MR) is 113 cm³/mol. The molecule has 4 nitrogen and oxygen atoms in total. The van der Waals surface area contributed by atoms with Crippen LogP contribution in [-0.4, -0.2) is 18.2 Å². The Morgan fingerprint density at radius 1 is 0.828 bits per heavy atom. The Kier molecular flexibility index (Phi) is 6.35. The van der Waals surface area contributed by atoms with E-state index in [2.05, 4.69) is 0 Å². The molecule has 3 aromatic rings. The van der Waals surface area contributed by atoms with Gasteiger partial charge >= 0.3 is 5.97 Å². The molecule has 0 aromatic heterocycles. The van der Waals surface area contributed by atoms with Crippen LogP contribution in [0.15, 0.2) is 84.9 Å². The zero-order valence-corrected chi connectivity index (χ0v) is 16.9. The highest BCUT2D eigenvalue weighted by Gasteiger charge is 2.41. The summed E-state index contributed by atoms with van der Waals surface area (Å²) >= 11 is 0. The minimum Gasteiger partial charge on any atom is -0.497 e. The number of esters is 1. The Bertz CT molecular complexity index is 918. The van der Waals surface area contributed by atoms with E-state index >= 15 is 0 Å². The quantitative estimate of drug-likeness (QED) is 0.552. The molecule has 3 rings (SSSR count). The minimum absolute atomic E-state index is 0.431. The van der Waals surface area contributed by atoms with Crippen molar-refractivity contribution in [3.63, 3.8) is 0 Å². The van der Waals surface area contributed by atoms with Gasteiger partial charge in [0, 0.05) is 5.41 Å². The molecule has 0 aliphatic rings. The molecular weight excluding hydrogens is 364 g/mol. The van der Waals surface area contributed by atoms with Crippen LogP contribution >= 0.6 is 0 Å². The maximum absolute atomic E-state index is 12.8. The fourth-order valence-corrected chi connectivity index (χ4v) is 3.39. The number of carbonyl (C=O) groups excluding carboxylic acids is 1. The number of ether oxygens (including phenoxy) is 2. The Morgan fingerprint density at radius 3 is 1.93 bits per heavy atom. The first kappa shape index (κ1) is 20.6. The second-order valence-electron chi connectivity index (χ2n) is 7.56. The summed E-state index contributed by atoms with van der Waals surface area (Å²) in [6.07, 6.45) is -1.50. The van der Waals surface area contributed by atoms with Crippen molar-refractivity contribution in [2.45, 2.75) is 26.1 Å². The van der Waals surface area contributed by atoms with Gasteiger partial charge in [-0.25, -0.2) is 4.79 Å². The summed E-state index contributed by atoms with van der Waals surface area (Å²) in [5, 5.41) is 11.1. The molecule has 0 radical (unpaired) electrons. The lowest BCUT2D eigenvalue weighted by atomic mass is 9.75. The lowest BCUT2D eigenvalue weighted by molar-refractivity contribution is -0.0661. The maximum atomic E-state index is 12.8. The summed E-state index contributed by atoms with van der Waals surface area (Å²) in [4.78, 5) is 12.8. The first-order valence-corrected chi connectivity index (χ1v) is 9.56. The molecule has 0 fully saturated rings. The van der Waals surface area contributed by atoms with Crippen LogP contribution in [0.2, 0.25) is 0 Å². The van der Waals surface area contributed by atoms with E-state index in [1.165, 1.54) is 0 Å². The molecule has 0 amide bonds. The lowest BCUT2D eigenvalue weighted by Crippen LogP contribution is -2.33. The van der Waals surface area contributed by atoms with Crippen LogP contribution in [0, 0.1) is 5.41 Å². The Balaban J connectivity index is 1.97. The third-order valence-electron chi connectivity index (χ3n) is 5.15. The van der Waals surface area contributed by atoms with Gasteiger partial charge in [0.1, 0.15) is 11.9 Å². The highest BCUT2D eigenvalue weighted by atomic mass is 16.5. The van der Waals surface area contributed by atoms with Crippen LogP contribution in [0.25, 0.3) is 0 Å². The zero-order chi connectivity index (χ0) is 20.9. The molecule has 0 aliphatic heterocycles. The largest absolute Gasteiger partial charge is 0.497 e. The van der Waals surface area contributed by atoms with E-state index in [1.807, 2.05) is 74.5 Å². The summed E-state index contributed by atoms with van der Waals surface area (Å²) < 4.78 is 11.2. The fourth-order valence-electron chi connectivity index (χ4n) is 3.39. The normalized spacial score (nSPS) is 13.4. The fraction of sp³-hybridized carbons (Fsp3) is 0.240. The number of methoxy groups -OCH3 is 1. The number of rotatable bonds is 7. The summed E-state index contributed by atoms with van der Waals surface area (Å²) in [6.45, 7) is 3.80. The van der Waals surface area contributed by atoms with Crippen LogP contribution in [0.5, 0.6) is 5.75 Å². The van der Waals surface area contributed by atoms with E-state index in [-0.39, 0.29) is 0 Å². The summed E-state index contributed by atoms with van der Waals surface area (Å²) in [5.41, 5.74) is 1.23. The van der Waals surface area contributed by atoms with Gasteiger partial charge in [0.25, 0.3) is 0 Å².